The number of anilines is 1. The van der Waals surface area contributed by atoms with Crippen LogP contribution in [0.2, 0.25) is 10.0 Å². The van der Waals surface area contributed by atoms with Crippen molar-refractivity contribution in [2.45, 2.75) is 50.6 Å². The number of nitrogens with one attached hydrogen (secondary N) is 2. The molecule has 30 heavy (non-hydrogen) atoms. The van der Waals surface area contributed by atoms with Crippen molar-refractivity contribution >= 4 is 34.8 Å². The third-order valence-electron chi connectivity index (χ3n) is 7.15. The minimum absolute atomic E-state index is 0.0200. The summed E-state index contributed by atoms with van der Waals surface area (Å²) in [6, 6.07) is 10.7. The molecule has 6 heteroatoms. The first-order valence-electron chi connectivity index (χ1n) is 10.7. The van der Waals surface area contributed by atoms with Gasteiger partial charge in [-0.2, -0.15) is 0 Å². The number of halogens is 2. The molecule has 4 bridgehead atoms. The Balaban J connectivity index is 1.23. The van der Waals surface area contributed by atoms with E-state index < -0.39 is 0 Å². The van der Waals surface area contributed by atoms with E-state index in [0.717, 1.165) is 42.7 Å². The number of carbonyl (C=O) groups is 1. The number of phenolic OH excluding ortho intramolecular Hbond substituents is 1. The van der Waals surface area contributed by atoms with Crippen LogP contribution in [0.3, 0.4) is 0 Å². The molecule has 0 radical (unpaired) electrons. The molecule has 6 rings (SSSR count). The second-order valence-corrected chi connectivity index (χ2v) is 10.3. The average molecular weight is 445 g/mol. The Kier molecular flexibility index (Phi) is 5.11. The second kappa shape index (κ2) is 7.65. The molecular formula is C24H26Cl2N2O2. The van der Waals surface area contributed by atoms with Gasteiger partial charge in [0.05, 0.1) is 5.02 Å². The fraction of sp³-hybridized carbons (Fsp3) is 0.458. The summed E-state index contributed by atoms with van der Waals surface area (Å²) in [6.45, 7) is 0.380. The monoisotopic (exact) mass is 444 g/mol. The molecular weight excluding hydrogens is 419 g/mol. The van der Waals surface area contributed by atoms with Gasteiger partial charge in [-0.05, 0) is 92.7 Å². The summed E-state index contributed by atoms with van der Waals surface area (Å²) in [4.78, 5) is 12.9. The first-order valence-corrected chi connectivity index (χ1v) is 11.5. The third kappa shape index (κ3) is 3.88. The number of carbonyl (C=O) groups excluding carboxylic acids is 1. The zero-order valence-corrected chi connectivity index (χ0v) is 18.3. The Bertz CT molecular complexity index is 939. The molecule has 4 aliphatic carbocycles. The molecule has 4 nitrogen and oxygen atoms in total. The first kappa shape index (κ1) is 20.0. The number of amides is 1. The molecule has 2 aromatic rings. The largest absolute Gasteiger partial charge is 0.506 e. The number of hydrogen-bond acceptors (Lipinski definition) is 3. The average Bonchev–Trinajstić information content (AvgIpc) is 2.68. The molecule has 1 amide bonds. The second-order valence-electron chi connectivity index (χ2n) is 9.48. The number of aromatic hydroxyl groups is 1. The summed E-state index contributed by atoms with van der Waals surface area (Å²) in [6.07, 6.45) is 7.54. The van der Waals surface area contributed by atoms with Crippen LogP contribution in [-0.2, 0) is 6.54 Å². The van der Waals surface area contributed by atoms with E-state index in [4.69, 9.17) is 23.2 Å². The van der Waals surface area contributed by atoms with E-state index in [1.54, 1.807) is 6.07 Å². The molecule has 4 saturated carbocycles. The van der Waals surface area contributed by atoms with Gasteiger partial charge in [0.2, 0.25) is 0 Å². The maximum absolute atomic E-state index is 12.9. The summed E-state index contributed by atoms with van der Waals surface area (Å²) < 4.78 is 0. The van der Waals surface area contributed by atoms with Crippen molar-refractivity contribution in [3.63, 3.8) is 0 Å². The Morgan fingerprint density at radius 1 is 1.00 bits per heavy atom. The van der Waals surface area contributed by atoms with Gasteiger partial charge in [0, 0.05) is 33.9 Å². The standard InChI is InChI=1S/C24H26Cl2N2O2/c25-19-8-18(22(29)21(26)9-19)13-27-20-3-1-17(2-4-20)23(30)28-24-10-14-5-15(11-24)7-16(6-14)12-24/h1-4,8-9,14-16,27,29H,5-7,10-13H2,(H,28,30). The highest BCUT2D eigenvalue weighted by molar-refractivity contribution is 6.35. The number of hydrogen-bond donors (Lipinski definition) is 3. The van der Waals surface area contributed by atoms with E-state index in [-0.39, 0.29) is 22.2 Å². The van der Waals surface area contributed by atoms with Crippen molar-refractivity contribution < 1.29 is 9.90 Å². The van der Waals surface area contributed by atoms with Crippen LogP contribution in [0.5, 0.6) is 5.75 Å². The van der Waals surface area contributed by atoms with Crippen molar-refractivity contribution in [2.24, 2.45) is 17.8 Å². The normalized spacial score (nSPS) is 29.1. The van der Waals surface area contributed by atoms with E-state index in [9.17, 15) is 9.90 Å². The summed E-state index contributed by atoms with van der Waals surface area (Å²) in [5.41, 5.74) is 2.18. The van der Waals surface area contributed by atoms with Crippen LogP contribution >= 0.6 is 23.2 Å². The van der Waals surface area contributed by atoms with Crippen LogP contribution in [0.1, 0.15) is 54.4 Å². The molecule has 0 saturated heterocycles. The van der Waals surface area contributed by atoms with E-state index in [0.29, 0.717) is 22.7 Å². The summed E-state index contributed by atoms with van der Waals surface area (Å²) in [5, 5.41) is 17.4. The Hall–Kier alpha value is -1.91. The van der Waals surface area contributed by atoms with Crippen LogP contribution in [-0.4, -0.2) is 16.6 Å². The molecule has 3 N–H and O–H groups in total. The Morgan fingerprint density at radius 2 is 1.60 bits per heavy atom. The molecule has 0 aromatic heterocycles. The van der Waals surface area contributed by atoms with Crippen molar-refractivity contribution in [3.8, 4) is 5.75 Å². The van der Waals surface area contributed by atoms with Crippen LogP contribution in [0.4, 0.5) is 5.69 Å². The number of rotatable bonds is 5. The van der Waals surface area contributed by atoms with Crippen LogP contribution in [0.15, 0.2) is 36.4 Å². The van der Waals surface area contributed by atoms with Crippen molar-refractivity contribution in [2.75, 3.05) is 5.32 Å². The zero-order chi connectivity index (χ0) is 20.9. The lowest BCUT2D eigenvalue weighted by Crippen LogP contribution is -2.59. The third-order valence-corrected chi connectivity index (χ3v) is 7.66. The molecule has 0 unspecified atom stereocenters. The van der Waals surface area contributed by atoms with E-state index in [1.165, 1.54) is 25.3 Å². The molecule has 4 aliphatic rings. The van der Waals surface area contributed by atoms with Gasteiger partial charge in [0.15, 0.2) is 0 Å². The lowest BCUT2D eigenvalue weighted by Gasteiger charge is -2.56. The summed E-state index contributed by atoms with van der Waals surface area (Å²) in [5.74, 6) is 2.47. The van der Waals surface area contributed by atoms with E-state index in [1.807, 2.05) is 24.3 Å². The number of benzene rings is 2. The van der Waals surface area contributed by atoms with Crippen molar-refractivity contribution in [1.82, 2.24) is 5.32 Å². The smallest absolute Gasteiger partial charge is 0.251 e. The minimum Gasteiger partial charge on any atom is -0.506 e. The fourth-order valence-corrected chi connectivity index (χ4v) is 6.80. The minimum atomic E-state index is 0.0200. The molecule has 0 atom stereocenters. The van der Waals surface area contributed by atoms with Gasteiger partial charge < -0.3 is 15.7 Å². The van der Waals surface area contributed by atoms with Gasteiger partial charge >= 0.3 is 0 Å². The molecule has 2 aromatic carbocycles. The SMILES string of the molecule is O=C(NC12CC3CC(CC(C3)C1)C2)c1ccc(NCc2cc(Cl)cc(Cl)c2O)cc1. The first-order chi connectivity index (χ1) is 14.4. The quantitative estimate of drug-likeness (QED) is 0.528. The molecule has 4 fully saturated rings. The lowest BCUT2D eigenvalue weighted by atomic mass is 9.53. The maximum Gasteiger partial charge on any atom is 0.251 e. The fourth-order valence-electron chi connectivity index (χ4n) is 6.27. The Labute approximate surface area is 187 Å². The van der Waals surface area contributed by atoms with Gasteiger partial charge in [-0.25, -0.2) is 0 Å². The van der Waals surface area contributed by atoms with Gasteiger partial charge in [-0.15, -0.1) is 0 Å². The van der Waals surface area contributed by atoms with Gasteiger partial charge in [-0.1, -0.05) is 23.2 Å². The zero-order valence-electron chi connectivity index (χ0n) is 16.8. The molecule has 0 heterocycles. The predicted octanol–water partition coefficient (Wildman–Crippen LogP) is 6.01. The van der Waals surface area contributed by atoms with Crippen molar-refractivity contribution in [3.05, 3.63) is 57.6 Å². The maximum atomic E-state index is 12.9. The highest BCUT2D eigenvalue weighted by atomic mass is 35.5. The van der Waals surface area contributed by atoms with Crippen LogP contribution in [0, 0.1) is 17.8 Å². The van der Waals surface area contributed by atoms with Crippen molar-refractivity contribution in [1.29, 1.82) is 0 Å². The van der Waals surface area contributed by atoms with E-state index >= 15 is 0 Å². The highest BCUT2D eigenvalue weighted by Gasteiger charge is 2.51. The van der Waals surface area contributed by atoms with Gasteiger partial charge in [0.25, 0.3) is 5.91 Å². The Morgan fingerprint density at radius 3 is 2.20 bits per heavy atom. The summed E-state index contributed by atoms with van der Waals surface area (Å²) >= 11 is 12.0. The highest BCUT2D eigenvalue weighted by Crippen LogP contribution is 2.55. The molecule has 158 valence electrons. The van der Waals surface area contributed by atoms with Gasteiger partial charge in [0.1, 0.15) is 5.75 Å². The molecule has 0 aliphatic heterocycles. The predicted molar refractivity (Wildman–Crippen MR) is 120 cm³/mol. The molecule has 0 spiro atoms. The number of phenols is 1. The van der Waals surface area contributed by atoms with Gasteiger partial charge in [-0.3, -0.25) is 4.79 Å². The topological polar surface area (TPSA) is 61.4 Å². The van der Waals surface area contributed by atoms with E-state index in [2.05, 4.69) is 10.6 Å². The summed E-state index contributed by atoms with van der Waals surface area (Å²) in [7, 11) is 0. The lowest BCUT2D eigenvalue weighted by molar-refractivity contribution is -0.0167. The van der Waals surface area contributed by atoms with Crippen LogP contribution < -0.4 is 10.6 Å². The van der Waals surface area contributed by atoms with Crippen LogP contribution in [0.25, 0.3) is 0 Å².